The lowest BCUT2D eigenvalue weighted by molar-refractivity contribution is 0.661. The first-order chi connectivity index (χ1) is 23.1. The van der Waals surface area contributed by atoms with Crippen LogP contribution in [0.4, 0.5) is 0 Å². The van der Waals surface area contributed by atoms with Gasteiger partial charge >= 0.3 is 0 Å². The van der Waals surface area contributed by atoms with E-state index in [2.05, 4.69) is 172 Å². The molecule has 0 heteroatoms. The van der Waals surface area contributed by atoms with Crippen molar-refractivity contribution < 1.29 is 0 Å². The van der Waals surface area contributed by atoms with Crippen molar-refractivity contribution in [1.29, 1.82) is 0 Å². The maximum absolute atomic E-state index is 2.39. The van der Waals surface area contributed by atoms with E-state index in [1.54, 1.807) is 0 Å². The van der Waals surface area contributed by atoms with Gasteiger partial charge in [-0.15, -0.1) is 0 Å². The maximum atomic E-state index is 2.39. The zero-order valence-corrected chi connectivity index (χ0v) is 26.5. The summed E-state index contributed by atoms with van der Waals surface area (Å²) < 4.78 is 0. The average molecular weight is 597 g/mol. The highest BCUT2D eigenvalue weighted by Gasteiger charge is 2.38. The van der Waals surface area contributed by atoms with E-state index in [0.717, 1.165) is 0 Å². The predicted molar refractivity (Wildman–Crippen MR) is 202 cm³/mol. The quantitative estimate of drug-likeness (QED) is 0.138. The van der Waals surface area contributed by atoms with E-state index in [4.69, 9.17) is 0 Å². The van der Waals surface area contributed by atoms with Gasteiger partial charge in [-0.3, -0.25) is 0 Å². The molecule has 0 saturated heterocycles. The third kappa shape index (κ3) is 3.59. The van der Waals surface area contributed by atoms with Crippen LogP contribution >= 0.6 is 0 Å². The second-order valence-corrected chi connectivity index (χ2v) is 13.6. The highest BCUT2D eigenvalue weighted by atomic mass is 14.4. The van der Waals surface area contributed by atoms with E-state index in [9.17, 15) is 0 Å². The zero-order valence-electron chi connectivity index (χ0n) is 26.5. The van der Waals surface area contributed by atoms with Gasteiger partial charge in [-0.2, -0.15) is 0 Å². The highest BCUT2D eigenvalue weighted by molar-refractivity contribution is 6.26. The Bertz CT molecular complexity index is 2700. The molecule has 0 radical (unpaired) electrons. The minimum atomic E-state index is -0.0953. The van der Waals surface area contributed by atoms with E-state index < -0.39 is 0 Å². The maximum Gasteiger partial charge on any atom is 0.0159 e. The second-order valence-electron chi connectivity index (χ2n) is 13.6. The molecule has 9 aromatic carbocycles. The standard InChI is InChI=1S/C47H32/c1-47(2)41-24-12-23-40(46(41)45-32-16-6-4-14-30(32)26-28-42(45)47)44-38-19-9-7-17-36(38)43(37-18-8-10-20-39(37)44)35-22-11-21-33-31-15-5-3-13-29(31)25-27-34(33)35/h3-28H,1-2H3. The van der Waals surface area contributed by atoms with Crippen molar-refractivity contribution in [3.63, 3.8) is 0 Å². The van der Waals surface area contributed by atoms with Crippen LogP contribution in [-0.2, 0) is 5.41 Å². The van der Waals surface area contributed by atoms with Crippen LogP contribution in [0.1, 0.15) is 25.0 Å². The second kappa shape index (κ2) is 9.64. The summed E-state index contributed by atoms with van der Waals surface area (Å²) >= 11 is 0. The first-order valence-electron chi connectivity index (χ1n) is 16.6. The van der Waals surface area contributed by atoms with Gasteiger partial charge in [-0.25, -0.2) is 0 Å². The van der Waals surface area contributed by atoms with E-state index in [-0.39, 0.29) is 5.41 Å². The molecule has 0 atom stereocenters. The fourth-order valence-corrected chi connectivity index (χ4v) is 8.72. The van der Waals surface area contributed by atoms with Crippen molar-refractivity contribution in [3.05, 3.63) is 169 Å². The van der Waals surface area contributed by atoms with Gasteiger partial charge in [0.2, 0.25) is 0 Å². The minimum Gasteiger partial charge on any atom is -0.0616 e. The Labute approximate surface area is 274 Å². The Morgan fingerprint density at radius 2 is 0.745 bits per heavy atom. The highest BCUT2D eigenvalue weighted by Crippen LogP contribution is 2.56. The Morgan fingerprint density at radius 3 is 1.43 bits per heavy atom. The van der Waals surface area contributed by atoms with Crippen LogP contribution in [0, 0.1) is 0 Å². The molecule has 0 spiro atoms. The Morgan fingerprint density at radius 1 is 0.277 bits per heavy atom. The number of fused-ring (bicyclic) bond motifs is 10. The summed E-state index contributed by atoms with van der Waals surface area (Å²) in [5, 5.41) is 12.9. The summed E-state index contributed by atoms with van der Waals surface area (Å²) in [5.74, 6) is 0. The molecule has 0 saturated carbocycles. The van der Waals surface area contributed by atoms with Gasteiger partial charge in [0, 0.05) is 5.41 Å². The van der Waals surface area contributed by atoms with Gasteiger partial charge in [0.1, 0.15) is 0 Å². The topological polar surface area (TPSA) is 0 Å². The van der Waals surface area contributed by atoms with Gasteiger partial charge in [-0.05, 0) is 98.4 Å². The molecule has 0 fully saturated rings. The molecule has 0 bridgehead atoms. The number of hydrogen-bond acceptors (Lipinski definition) is 0. The smallest absolute Gasteiger partial charge is 0.0159 e. The van der Waals surface area contributed by atoms with Crippen LogP contribution in [0.25, 0.3) is 87.2 Å². The molecule has 9 aromatic rings. The summed E-state index contributed by atoms with van der Waals surface area (Å²) in [7, 11) is 0. The van der Waals surface area contributed by atoms with Crippen LogP contribution in [0.5, 0.6) is 0 Å². The van der Waals surface area contributed by atoms with E-state index in [1.165, 1.54) is 98.4 Å². The first kappa shape index (κ1) is 26.5. The molecule has 10 rings (SSSR count). The van der Waals surface area contributed by atoms with Crippen molar-refractivity contribution in [2.45, 2.75) is 19.3 Å². The van der Waals surface area contributed by atoms with Crippen molar-refractivity contribution in [1.82, 2.24) is 0 Å². The van der Waals surface area contributed by atoms with Crippen molar-refractivity contribution >= 4 is 53.9 Å². The molecule has 0 N–H and O–H groups in total. The van der Waals surface area contributed by atoms with Gasteiger partial charge in [-0.1, -0.05) is 172 Å². The van der Waals surface area contributed by atoms with E-state index in [0.29, 0.717) is 0 Å². The largest absolute Gasteiger partial charge is 0.0616 e. The van der Waals surface area contributed by atoms with Crippen LogP contribution in [0.2, 0.25) is 0 Å². The molecule has 0 aromatic heterocycles. The Balaban J connectivity index is 1.36. The van der Waals surface area contributed by atoms with Crippen LogP contribution in [0.15, 0.2) is 158 Å². The summed E-state index contributed by atoms with van der Waals surface area (Å²) in [6.07, 6.45) is 0. The van der Waals surface area contributed by atoms with Gasteiger partial charge < -0.3 is 0 Å². The third-order valence-electron chi connectivity index (χ3n) is 10.8. The normalized spacial score (nSPS) is 13.5. The zero-order chi connectivity index (χ0) is 31.3. The van der Waals surface area contributed by atoms with E-state index in [1.807, 2.05) is 0 Å². The first-order valence-corrected chi connectivity index (χ1v) is 16.6. The van der Waals surface area contributed by atoms with Crippen LogP contribution < -0.4 is 0 Å². The third-order valence-corrected chi connectivity index (χ3v) is 10.8. The lowest BCUT2D eigenvalue weighted by atomic mass is 9.80. The predicted octanol–water partition coefficient (Wildman–Crippen LogP) is 13.1. The van der Waals surface area contributed by atoms with Gasteiger partial charge in [0.05, 0.1) is 0 Å². The molecule has 0 unspecified atom stereocenters. The summed E-state index contributed by atoms with van der Waals surface area (Å²) in [6.45, 7) is 4.78. The molecule has 1 aliphatic rings. The molecule has 220 valence electrons. The summed E-state index contributed by atoms with van der Waals surface area (Å²) in [4.78, 5) is 0. The van der Waals surface area contributed by atoms with Crippen molar-refractivity contribution in [2.24, 2.45) is 0 Å². The molecule has 0 heterocycles. The van der Waals surface area contributed by atoms with Gasteiger partial charge in [0.25, 0.3) is 0 Å². The SMILES string of the molecule is CC1(C)c2cccc(-c3c4ccccc4c(-c4cccc5c4ccc4ccccc45)c4ccccc34)c2-c2c1ccc1ccccc21. The molecule has 47 heavy (non-hydrogen) atoms. The van der Waals surface area contributed by atoms with Crippen LogP contribution in [-0.4, -0.2) is 0 Å². The molecular weight excluding hydrogens is 565 g/mol. The van der Waals surface area contributed by atoms with Crippen molar-refractivity contribution in [2.75, 3.05) is 0 Å². The summed E-state index contributed by atoms with van der Waals surface area (Å²) in [5.41, 5.74) is 10.7. The van der Waals surface area contributed by atoms with Gasteiger partial charge in [0.15, 0.2) is 0 Å². The lowest BCUT2D eigenvalue weighted by Gasteiger charge is -2.23. The molecule has 0 amide bonds. The fraction of sp³-hybridized carbons (Fsp3) is 0.0638. The minimum absolute atomic E-state index is 0.0953. The Hall–Kier alpha value is -5.72. The lowest BCUT2D eigenvalue weighted by Crippen LogP contribution is -2.14. The number of hydrogen-bond donors (Lipinski definition) is 0. The van der Waals surface area contributed by atoms with E-state index >= 15 is 0 Å². The number of benzene rings is 9. The fourth-order valence-electron chi connectivity index (χ4n) is 8.72. The molecule has 0 nitrogen and oxygen atoms in total. The van der Waals surface area contributed by atoms with Crippen LogP contribution in [0.3, 0.4) is 0 Å². The monoisotopic (exact) mass is 596 g/mol. The van der Waals surface area contributed by atoms with Crippen molar-refractivity contribution in [3.8, 4) is 33.4 Å². The molecule has 0 aliphatic heterocycles. The summed E-state index contributed by atoms with van der Waals surface area (Å²) in [6, 6.07) is 58.8. The Kier molecular flexibility index (Phi) is 5.44. The average Bonchev–Trinajstić information content (AvgIpc) is 3.37. The molecule has 1 aliphatic carbocycles. The molecular formula is C47H32. The number of rotatable bonds is 2.